The molecule has 2 aliphatic rings. The number of aliphatic hydroxyl groups is 1. The van der Waals surface area contributed by atoms with E-state index in [9.17, 15) is 9.59 Å². The zero-order valence-corrected chi connectivity index (χ0v) is 13.8. The molecule has 2 fully saturated rings. The van der Waals surface area contributed by atoms with E-state index in [2.05, 4.69) is 10.2 Å². The lowest BCUT2D eigenvalue weighted by Gasteiger charge is -2.35. The van der Waals surface area contributed by atoms with Crippen LogP contribution in [0.25, 0.3) is 0 Å². The number of nitrogens with one attached hydrogen (secondary N) is 1. The van der Waals surface area contributed by atoms with E-state index in [0.717, 1.165) is 58.5 Å². The van der Waals surface area contributed by atoms with Crippen LogP contribution in [0.15, 0.2) is 0 Å². The molecule has 0 aromatic rings. The van der Waals surface area contributed by atoms with Crippen LogP contribution < -0.4 is 5.32 Å². The Morgan fingerprint density at radius 1 is 1.17 bits per heavy atom. The molecule has 0 radical (unpaired) electrons. The van der Waals surface area contributed by atoms with E-state index in [4.69, 9.17) is 9.84 Å². The van der Waals surface area contributed by atoms with Crippen molar-refractivity contribution >= 4 is 11.8 Å². The molecule has 2 saturated heterocycles. The second-order valence-corrected chi connectivity index (χ2v) is 6.22. The molecule has 0 aromatic carbocycles. The van der Waals surface area contributed by atoms with Gasteiger partial charge in [0.1, 0.15) is 0 Å². The van der Waals surface area contributed by atoms with Crippen molar-refractivity contribution in [1.29, 1.82) is 0 Å². The van der Waals surface area contributed by atoms with Crippen LogP contribution in [0.1, 0.15) is 32.1 Å². The number of piperidine rings is 1. The summed E-state index contributed by atoms with van der Waals surface area (Å²) in [5, 5.41) is 11.8. The van der Waals surface area contributed by atoms with E-state index in [1.807, 2.05) is 0 Å². The predicted octanol–water partition coefficient (Wildman–Crippen LogP) is -0.412. The summed E-state index contributed by atoms with van der Waals surface area (Å²) >= 11 is 0. The Kier molecular flexibility index (Phi) is 7.78. The van der Waals surface area contributed by atoms with Crippen LogP contribution in [-0.2, 0) is 14.3 Å². The minimum Gasteiger partial charge on any atom is -0.396 e. The third kappa shape index (κ3) is 5.75. The van der Waals surface area contributed by atoms with Crippen LogP contribution in [0.2, 0.25) is 0 Å². The van der Waals surface area contributed by atoms with Gasteiger partial charge in [-0.25, -0.2) is 0 Å². The van der Waals surface area contributed by atoms with Gasteiger partial charge in [0.25, 0.3) is 0 Å². The number of hydrogen-bond donors (Lipinski definition) is 2. The van der Waals surface area contributed by atoms with Crippen molar-refractivity contribution in [3.05, 3.63) is 0 Å². The predicted molar refractivity (Wildman–Crippen MR) is 85.9 cm³/mol. The molecule has 0 bridgehead atoms. The number of morpholine rings is 1. The van der Waals surface area contributed by atoms with Gasteiger partial charge >= 0.3 is 11.8 Å². The Morgan fingerprint density at radius 2 is 1.96 bits per heavy atom. The first-order chi connectivity index (χ1) is 11.2. The minimum absolute atomic E-state index is 0.000324. The van der Waals surface area contributed by atoms with Crippen LogP contribution in [0.4, 0.5) is 0 Å². The Balaban J connectivity index is 1.68. The summed E-state index contributed by atoms with van der Waals surface area (Å²) in [6, 6.07) is 0.000324. The van der Waals surface area contributed by atoms with Crippen LogP contribution in [0.3, 0.4) is 0 Å². The number of hydrogen-bond acceptors (Lipinski definition) is 5. The summed E-state index contributed by atoms with van der Waals surface area (Å²) in [4.78, 5) is 28.3. The van der Waals surface area contributed by atoms with Gasteiger partial charge in [-0.1, -0.05) is 0 Å². The highest BCUT2D eigenvalue weighted by molar-refractivity contribution is 6.35. The number of amides is 2. The maximum Gasteiger partial charge on any atom is 0.312 e. The fourth-order valence-corrected chi connectivity index (χ4v) is 3.25. The minimum atomic E-state index is -0.517. The van der Waals surface area contributed by atoms with Crippen LogP contribution in [-0.4, -0.2) is 85.3 Å². The second kappa shape index (κ2) is 9.85. The maximum atomic E-state index is 12.3. The number of nitrogens with zero attached hydrogens (tertiary/aromatic N) is 2. The quantitative estimate of drug-likeness (QED) is 0.512. The molecule has 1 unspecified atom stereocenters. The molecule has 2 N–H and O–H groups in total. The van der Waals surface area contributed by atoms with E-state index >= 15 is 0 Å². The normalized spacial score (nSPS) is 22.8. The van der Waals surface area contributed by atoms with Gasteiger partial charge < -0.3 is 20.1 Å². The van der Waals surface area contributed by atoms with Gasteiger partial charge in [-0.2, -0.15) is 0 Å². The number of rotatable bonds is 6. The summed E-state index contributed by atoms with van der Waals surface area (Å²) in [6.07, 6.45) is 4.24. The monoisotopic (exact) mass is 327 g/mol. The number of likely N-dealkylation sites (tertiary alicyclic amines) is 1. The summed E-state index contributed by atoms with van der Waals surface area (Å²) in [6.45, 7) is 5.50. The maximum absolute atomic E-state index is 12.3. The highest BCUT2D eigenvalue weighted by Gasteiger charge is 2.30. The van der Waals surface area contributed by atoms with E-state index in [1.54, 1.807) is 4.90 Å². The second-order valence-electron chi connectivity index (χ2n) is 6.22. The van der Waals surface area contributed by atoms with Crippen LogP contribution in [0, 0.1) is 0 Å². The number of carbonyl (C=O) groups excluding carboxylic acids is 2. The van der Waals surface area contributed by atoms with Crippen molar-refractivity contribution in [2.45, 2.75) is 38.1 Å². The molecule has 0 saturated carbocycles. The summed E-state index contributed by atoms with van der Waals surface area (Å²) in [5.41, 5.74) is 0. The topological polar surface area (TPSA) is 82.1 Å². The first-order valence-electron chi connectivity index (χ1n) is 8.72. The highest BCUT2D eigenvalue weighted by atomic mass is 16.5. The largest absolute Gasteiger partial charge is 0.396 e. The van der Waals surface area contributed by atoms with Gasteiger partial charge in [0.05, 0.1) is 13.2 Å². The number of carbonyl (C=O) groups is 2. The molecule has 2 rings (SSSR count). The molecule has 7 heteroatoms. The SMILES string of the molecule is O=C(NCCCN1CCOCC1)C(=O)N1CCCCC1CCO. The summed E-state index contributed by atoms with van der Waals surface area (Å²) in [5.74, 6) is -0.966. The third-order valence-corrected chi connectivity index (χ3v) is 4.58. The number of ether oxygens (including phenoxy) is 1. The van der Waals surface area contributed by atoms with Crippen molar-refractivity contribution in [2.24, 2.45) is 0 Å². The Bertz CT molecular complexity index is 384. The first kappa shape index (κ1) is 18.2. The smallest absolute Gasteiger partial charge is 0.312 e. The van der Waals surface area contributed by atoms with Gasteiger partial charge in [-0.15, -0.1) is 0 Å². The Morgan fingerprint density at radius 3 is 2.70 bits per heavy atom. The lowest BCUT2D eigenvalue weighted by Crippen LogP contribution is -2.50. The van der Waals surface area contributed by atoms with E-state index in [0.29, 0.717) is 19.5 Å². The van der Waals surface area contributed by atoms with E-state index < -0.39 is 11.8 Å². The molecule has 7 nitrogen and oxygen atoms in total. The summed E-state index contributed by atoms with van der Waals surface area (Å²) in [7, 11) is 0. The fourth-order valence-electron chi connectivity index (χ4n) is 3.25. The molecule has 0 aromatic heterocycles. The highest BCUT2D eigenvalue weighted by Crippen LogP contribution is 2.19. The third-order valence-electron chi connectivity index (χ3n) is 4.58. The number of aliphatic hydroxyl groups excluding tert-OH is 1. The molecule has 1 atom stereocenters. The lowest BCUT2D eigenvalue weighted by molar-refractivity contribution is -0.148. The first-order valence-corrected chi connectivity index (χ1v) is 8.72. The van der Waals surface area contributed by atoms with Gasteiger partial charge in [0, 0.05) is 38.8 Å². The van der Waals surface area contributed by atoms with Gasteiger partial charge in [0.2, 0.25) is 0 Å². The van der Waals surface area contributed by atoms with Crippen molar-refractivity contribution in [3.63, 3.8) is 0 Å². The molecule has 0 aliphatic carbocycles. The molecule has 0 spiro atoms. The fraction of sp³-hybridized carbons (Fsp3) is 0.875. The van der Waals surface area contributed by atoms with Crippen LogP contribution >= 0.6 is 0 Å². The zero-order valence-electron chi connectivity index (χ0n) is 13.8. The Hall–Kier alpha value is -1.18. The van der Waals surface area contributed by atoms with Crippen molar-refractivity contribution in [3.8, 4) is 0 Å². The molecular weight excluding hydrogens is 298 g/mol. The average Bonchev–Trinajstić information content (AvgIpc) is 2.59. The van der Waals surface area contributed by atoms with Gasteiger partial charge in [-0.05, 0) is 38.6 Å². The van der Waals surface area contributed by atoms with Crippen molar-refractivity contribution in [1.82, 2.24) is 15.1 Å². The summed E-state index contributed by atoms with van der Waals surface area (Å²) < 4.78 is 5.29. The van der Waals surface area contributed by atoms with Crippen molar-refractivity contribution in [2.75, 3.05) is 52.5 Å². The Labute approximate surface area is 138 Å². The zero-order chi connectivity index (χ0) is 16.5. The standard InChI is InChI=1S/C16H29N3O4/c20-11-5-14-4-1-2-8-19(14)16(22)15(21)17-6-3-7-18-9-12-23-13-10-18/h14,20H,1-13H2,(H,17,21). The van der Waals surface area contributed by atoms with E-state index in [-0.39, 0.29) is 12.6 Å². The molecule has 132 valence electrons. The van der Waals surface area contributed by atoms with Crippen molar-refractivity contribution < 1.29 is 19.4 Å². The molecule has 2 heterocycles. The molecular formula is C16H29N3O4. The lowest BCUT2D eigenvalue weighted by atomic mass is 9.99. The molecule has 2 aliphatic heterocycles. The van der Waals surface area contributed by atoms with E-state index in [1.165, 1.54) is 0 Å². The van der Waals surface area contributed by atoms with Crippen LogP contribution in [0.5, 0.6) is 0 Å². The van der Waals surface area contributed by atoms with Gasteiger partial charge in [0.15, 0.2) is 0 Å². The molecule has 23 heavy (non-hydrogen) atoms. The van der Waals surface area contributed by atoms with Gasteiger partial charge in [-0.3, -0.25) is 14.5 Å². The average molecular weight is 327 g/mol. The molecule has 2 amide bonds.